The smallest absolute Gasteiger partial charge is 0.149 e. The second kappa shape index (κ2) is 5.97. The molecule has 0 aliphatic carbocycles. The van der Waals surface area contributed by atoms with Crippen molar-refractivity contribution in [2.75, 3.05) is 5.32 Å². The lowest BCUT2D eigenvalue weighted by molar-refractivity contribution is 0.761. The third kappa shape index (κ3) is 2.55. The second-order valence-electron chi connectivity index (χ2n) is 5.39. The fourth-order valence-electron chi connectivity index (χ4n) is 2.76. The molecule has 2 aromatic heterocycles. The van der Waals surface area contributed by atoms with Crippen LogP contribution in [0, 0.1) is 0 Å². The molecule has 0 radical (unpaired) electrons. The highest BCUT2D eigenvalue weighted by atomic mass is 35.5. The minimum atomic E-state index is 0.0921. The average molecular weight is 315 g/mol. The van der Waals surface area contributed by atoms with E-state index in [-0.39, 0.29) is 6.04 Å². The van der Waals surface area contributed by atoms with Crippen LogP contribution in [0.25, 0.3) is 10.9 Å². The first-order chi connectivity index (χ1) is 10.6. The van der Waals surface area contributed by atoms with Crippen LogP contribution < -0.4 is 5.32 Å². The zero-order valence-electron chi connectivity index (χ0n) is 13.0. The summed E-state index contributed by atoms with van der Waals surface area (Å²) in [6.07, 6.45) is 2.35. The molecule has 22 heavy (non-hydrogen) atoms. The Labute approximate surface area is 135 Å². The average Bonchev–Trinajstić information content (AvgIpc) is 2.87. The fraction of sp³-hybridized carbons (Fsp3) is 0.294. The highest BCUT2D eigenvalue weighted by molar-refractivity contribution is 6.33. The Kier molecular flexibility index (Phi) is 4.03. The standard InChI is InChI=1S/C17H19ClN4/c1-4-13-16(18)17(20-10-19-13)21-11(2)15-9-12-7-5-6-8-14(12)22(15)3/h5-11H,4H2,1-3H3,(H,19,20,21). The zero-order chi connectivity index (χ0) is 15.7. The van der Waals surface area contributed by atoms with Gasteiger partial charge < -0.3 is 9.88 Å². The minimum absolute atomic E-state index is 0.0921. The number of nitrogens with one attached hydrogen (secondary N) is 1. The van der Waals surface area contributed by atoms with Gasteiger partial charge in [-0.1, -0.05) is 36.7 Å². The molecular weight excluding hydrogens is 296 g/mol. The van der Waals surface area contributed by atoms with Crippen molar-refractivity contribution in [1.82, 2.24) is 14.5 Å². The molecule has 1 unspecified atom stereocenters. The summed E-state index contributed by atoms with van der Waals surface area (Å²) in [6.45, 7) is 4.14. The molecule has 0 spiro atoms. The van der Waals surface area contributed by atoms with Crippen LogP contribution >= 0.6 is 11.6 Å². The van der Waals surface area contributed by atoms with E-state index in [2.05, 4.69) is 64.2 Å². The van der Waals surface area contributed by atoms with E-state index in [0.29, 0.717) is 10.8 Å². The highest BCUT2D eigenvalue weighted by Crippen LogP contribution is 2.28. The number of benzene rings is 1. The normalized spacial score (nSPS) is 12.5. The van der Waals surface area contributed by atoms with Gasteiger partial charge in [-0.2, -0.15) is 0 Å². The van der Waals surface area contributed by atoms with Crippen LogP contribution in [0.1, 0.15) is 31.3 Å². The zero-order valence-corrected chi connectivity index (χ0v) is 13.7. The van der Waals surface area contributed by atoms with E-state index in [0.717, 1.165) is 12.1 Å². The topological polar surface area (TPSA) is 42.7 Å². The van der Waals surface area contributed by atoms with Gasteiger partial charge >= 0.3 is 0 Å². The largest absolute Gasteiger partial charge is 0.361 e. The molecule has 5 heteroatoms. The molecule has 0 fully saturated rings. The van der Waals surface area contributed by atoms with Gasteiger partial charge in [0.1, 0.15) is 17.2 Å². The lowest BCUT2D eigenvalue weighted by atomic mass is 10.2. The SMILES string of the molecule is CCc1ncnc(NC(C)c2cc3ccccc3n2C)c1Cl. The number of fused-ring (bicyclic) bond motifs is 1. The van der Waals surface area contributed by atoms with E-state index in [1.165, 1.54) is 16.6 Å². The van der Waals surface area contributed by atoms with E-state index in [9.17, 15) is 0 Å². The van der Waals surface area contributed by atoms with Crippen molar-refractivity contribution < 1.29 is 0 Å². The minimum Gasteiger partial charge on any atom is -0.361 e. The van der Waals surface area contributed by atoms with E-state index < -0.39 is 0 Å². The predicted octanol–water partition coefficient (Wildman–Crippen LogP) is 4.36. The number of nitrogens with zero attached hydrogens (tertiary/aromatic N) is 3. The third-order valence-electron chi connectivity index (χ3n) is 3.98. The van der Waals surface area contributed by atoms with E-state index in [1.807, 2.05) is 6.92 Å². The lowest BCUT2D eigenvalue weighted by Gasteiger charge is -2.17. The molecule has 1 atom stereocenters. The van der Waals surface area contributed by atoms with Gasteiger partial charge in [0, 0.05) is 18.3 Å². The van der Waals surface area contributed by atoms with Gasteiger partial charge in [0.2, 0.25) is 0 Å². The van der Waals surface area contributed by atoms with Gasteiger partial charge in [-0.3, -0.25) is 0 Å². The molecule has 0 aliphatic heterocycles. The van der Waals surface area contributed by atoms with Crippen LogP contribution in [0.2, 0.25) is 5.02 Å². The highest BCUT2D eigenvalue weighted by Gasteiger charge is 2.15. The molecule has 0 bridgehead atoms. The van der Waals surface area contributed by atoms with Crippen LogP contribution in [0.15, 0.2) is 36.7 Å². The summed E-state index contributed by atoms with van der Waals surface area (Å²) in [5.74, 6) is 0.686. The van der Waals surface area contributed by atoms with Crippen LogP contribution in [-0.4, -0.2) is 14.5 Å². The number of anilines is 1. The quantitative estimate of drug-likeness (QED) is 0.778. The van der Waals surface area contributed by atoms with E-state index in [1.54, 1.807) is 6.33 Å². The molecule has 1 N–H and O–H groups in total. The van der Waals surface area contributed by atoms with Crippen LogP contribution in [0.3, 0.4) is 0 Å². The maximum atomic E-state index is 6.36. The van der Waals surface area contributed by atoms with Crippen LogP contribution in [0.5, 0.6) is 0 Å². The van der Waals surface area contributed by atoms with E-state index in [4.69, 9.17) is 11.6 Å². The monoisotopic (exact) mass is 314 g/mol. The molecule has 3 aromatic rings. The molecule has 0 saturated carbocycles. The van der Waals surface area contributed by atoms with Crippen molar-refractivity contribution in [1.29, 1.82) is 0 Å². The molecule has 2 heterocycles. The molecular formula is C17H19ClN4. The van der Waals surface area contributed by atoms with Gasteiger partial charge in [-0.05, 0) is 30.9 Å². The van der Waals surface area contributed by atoms with Crippen LogP contribution in [-0.2, 0) is 13.5 Å². The first-order valence-corrected chi connectivity index (χ1v) is 7.80. The second-order valence-corrected chi connectivity index (χ2v) is 5.77. The maximum Gasteiger partial charge on any atom is 0.149 e. The molecule has 1 aromatic carbocycles. The molecule has 0 saturated heterocycles. The number of hydrogen-bond donors (Lipinski definition) is 1. The summed E-state index contributed by atoms with van der Waals surface area (Å²) in [5, 5.41) is 5.24. The van der Waals surface area contributed by atoms with Gasteiger partial charge in [0.05, 0.1) is 11.7 Å². The van der Waals surface area contributed by atoms with Gasteiger partial charge in [0.25, 0.3) is 0 Å². The van der Waals surface area contributed by atoms with Crippen molar-refractivity contribution in [3.05, 3.63) is 53.1 Å². The lowest BCUT2D eigenvalue weighted by Crippen LogP contribution is -2.12. The summed E-state index contributed by atoms with van der Waals surface area (Å²) in [6, 6.07) is 10.6. The molecule has 114 valence electrons. The predicted molar refractivity (Wildman–Crippen MR) is 91.4 cm³/mol. The van der Waals surface area contributed by atoms with Gasteiger partial charge in [0.15, 0.2) is 0 Å². The number of aromatic nitrogens is 3. The Morgan fingerprint density at radius 2 is 2.05 bits per heavy atom. The van der Waals surface area contributed by atoms with Crippen LogP contribution in [0.4, 0.5) is 5.82 Å². The Balaban J connectivity index is 1.94. The van der Waals surface area contributed by atoms with Crippen molar-refractivity contribution in [2.24, 2.45) is 7.05 Å². The first kappa shape index (κ1) is 14.9. The fourth-order valence-corrected chi connectivity index (χ4v) is 3.04. The number of hydrogen-bond acceptors (Lipinski definition) is 3. The van der Waals surface area contributed by atoms with Crippen molar-refractivity contribution in [3.8, 4) is 0 Å². The Morgan fingerprint density at radius 3 is 2.77 bits per heavy atom. The molecule has 4 nitrogen and oxygen atoms in total. The third-order valence-corrected chi connectivity index (χ3v) is 4.38. The maximum absolute atomic E-state index is 6.36. The van der Waals surface area contributed by atoms with Gasteiger partial charge in [-0.25, -0.2) is 9.97 Å². The van der Waals surface area contributed by atoms with E-state index >= 15 is 0 Å². The Morgan fingerprint density at radius 1 is 1.27 bits per heavy atom. The number of para-hydroxylation sites is 1. The number of rotatable bonds is 4. The Hall–Kier alpha value is -2.07. The summed E-state index contributed by atoms with van der Waals surface area (Å²) in [5.41, 5.74) is 3.27. The summed E-state index contributed by atoms with van der Waals surface area (Å²) < 4.78 is 2.20. The molecule has 3 rings (SSSR count). The van der Waals surface area contributed by atoms with Crippen molar-refractivity contribution in [2.45, 2.75) is 26.3 Å². The Bertz CT molecular complexity index is 810. The van der Waals surface area contributed by atoms with Crippen molar-refractivity contribution in [3.63, 3.8) is 0 Å². The summed E-state index contributed by atoms with van der Waals surface area (Å²) >= 11 is 6.36. The van der Waals surface area contributed by atoms with Crippen molar-refractivity contribution >= 4 is 28.3 Å². The number of halogens is 1. The number of aryl methyl sites for hydroxylation is 2. The van der Waals surface area contributed by atoms with Gasteiger partial charge in [-0.15, -0.1) is 0 Å². The summed E-state index contributed by atoms with van der Waals surface area (Å²) in [4.78, 5) is 8.47. The molecule has 0 aliphatic rings. The summed E-state index contributed by atoms with van der Waals surface area (Å²) in [7, 11) is 2.08. The first-order valence-electron chi connectivity index (χ1n) is 7.42. The molecule has 0 amide bonds.